The average Bonchev–Trinajstić information content (AvgIpc) is 2.76. The Hall–Kier alpha value is -1.02. The fourth-order valence-corrected chi connectivity index (χ4v) is 3.55. The number of hydrogen-bond acceptors (Lipinski definition) is 3. The lowest BCUT2D eigenvalue weighted by atomic mass is 10.0. The molecule has 0 aromatic heterocycles. The first-order valence-corrected chi connectivity index (χ1v) is 9.72. The van der Waals surface area contributed by atoms with E-state index in [-0.39, 0.29) is 18.6 Å². The Balaban J connectivity index is 2.52. The average molecular weight is 380 g/mol. The third-order valence-corrected chi connectivity index (χ3v) is 4.84. The maximum absolute atomic E-state index is 12.5. The van der Waals surface area contributed by atoms with Crippen LogP contribution in [0.3, 0.4) is 0 Å². The van der Waals surface area contributed by atoms with Gasteiger partial charge in [-0.15, -0.1) is 0 Å². The Labute approximate surface area is 155 Å². The molecule has 1 heterocycles. The van der Waals surface area contributed by atoms with Gasteiger partial charge in [-0.25, -0.2) is 4.79 Å². The summed E-state index contributed by atoms with van der Waals surface area (Å²) in [6.07, 6.45) is -2.62. The van der Waals surface area contributed by atoms with Crippen molar-refractivity contribution in [1.29, 1.82) is 0 Å². The largest absolute Gasteiger partial charge is 0.401 e. The molecule has 1 fully saturated rings. The first kappa shape index (κ1) is 23.0. The number of urea groups is 1. The van der Waals surface area contributed by atoms with Crippen molar-refractivity contribution < 1.29 is 18.0 Å². The van der Waals surface area contributed by atoms with E-state index >= 15 is 0 Å². The molecule has 154 valence electrons. The fourth-order valence-electron chi connectivity index (χ4n) is 3.55. The van der Waals surface area contributed by atoms with E-state index in [1.165, 1.54) is 4.90 Å². The molecule has 26 heavy (non-hydrogen) atoms. The molecule has 8 heteroatoms. The van der Waals surface area contributed by atoms with Gasteiger partial charge in [-0.1, -0.05) is 27.7 Å². The minimum atomic E-state index is -4.19. The zero-order valence-corrected chi connectivity index (χ0v) is 16.6. The van der Waals surface area contributed by atoms with Crippen molar-refractivity contribution in [1.82, 2.24) is 20.0 Å². The highest BCUT2D eigenvalue weighted by molar-refractivity contribution is 5.74. The van der Waals surface area contributed by atoms with E-state index in [0.717, 1.165) is 19.5 Å². The van der Waals surface area contributed by atoms with Crippen LogP contribution in [0.2, 0.25) is 0 Å². The Morgan fingerprint density at radius 1 is 1.12 bits per heavy atom. The minimum absolute atomic E-state index is 0.167. The van der Waals surface area contributed by atoms with Crippen LogP contribution in [0.15, 0.2) is 0 Å². The molecule has 0 saturated carbocycles. The second-order valence-corrected chi connectivity index (χ2v) is 7.42. The summed E-state index contributed by atoms with van der Waals surface area (Å²) < 4.78 is 37.6. The molecular weight excluding hydrogens is 345 g/mol. The highest BCUT2D eigenvalue weighted by Gasteiger charge is 2.32. The lowest BCUT2D eigenvalue weighted by molar-refractivity contribution is -0.145. The first-order valence-electron chi connectivity index (χ1n) is 9.72. The van der Waals surface area contributed by atoms with E-state index in [4.69, 9.17) is 0 Å². The topological polar surface area (TPSA) is 38.8 Å². The molecule has 5 nitrogen and oxygen atoms in total. The van der Waals surface area contributed by atoms with Gasteiger partial charge in [-0.3, -0.25) is 9.80 Å². The molecule has 2 amide bonds. The lowest BCUT2D eigenvalue weighted by Gasteiger charge is -2.32. The molecule has 1 rings (SSSR count). The van der Waals surface area contributed by atoms with Gasteiger partial charge >= 0.3 is 12.2 Å². The summed E-state index contributed by atoms with van der Waals surface area (Å²) in [7, 11) is 0. The molecular formula is C18H35F3N4O. The molecule has 1 N–H and O–H groups in total. The minimum Gasteiger partial charge on any atom is -0.336 e. The number of carbonyl (C=O) groups excluding carboxylic acids is 1. The van der Waals surface area contributed by atoms with Gasteiger partial charge in [-0.2, -0.15) is 13.2 Å². The number of nitrogens with one attached hydrogen (secondary N) is 1. The van der Waals surface area contributed by atoms with E-state index in [1.807, 2.05) is 0 Å². The van der Waals surface area contributed by atoms with Crippen molar-refractivity contribution >= 4 is 6.03 Å². The third-order valence-electron chi connectivity index (χ3n) is 4.84. The highest BCUT2D eigenvalue weighted by Crippen LogP contribution is 2.17. The molecule has 1 aliphatic rings. The highest BCUT2D eigenvalue weighted by atomic mass is 19.4. The first-order chi connectivity index (χ1) is 12.2. The Morgan fingerprint density at radius 3 is 2.31 bits per heavy atom. The van der Waals surface area contributed by atoms with Crippen molar-refractivity contribution in [2.75, 3.05) is 52.4 Å². The molecule has 0 unspecified atom stereocenters. The van der Waals surface area contributed by atoms with Gasteiger partial charge in [0.05, 0.1) is 6.54 Å². The van der Waals surface area contributed by atoms with Crippen LogP contribution in [0.5, 0.6) is 0 Å². The molecule has 0 aliphatic carbocycles. The van der Waals surface area contributed by atoms with Crippen LogP contribution < -0.4 is 5.32 Å². The number of alkyl halides is 3. The smallest absolute Gasteiger partial charge is 0.336 e. The fraction of sp³-hybridized carbons (Fsp3) is 0.944. The molecule has 0 aromatic rings. The lowest BCUT2D eigenvalue weighted by Crippen LogP contribution is -2.49. The van der Waals surface area contributed by atoms with E-state index in [9.17, 15) is 18.0 Å². The quantitative estimate of drug-likeness (QED) is 0.704. The van der Waals surface area contributed by atoms with Crippen molar-refractivity contribution in [3.8, 4) is 0 Å². The standard InChI is InChI=1S/C18H35F3N4O/c1-5-24(6-2)16(12-15(3)4)13-22-17(26)25-9-7-8-23(10-11-25)14-18(19,20)21/h15-16H,5-14H2,1-4H3,(H,22,26)/t16-/m0/s1. The van der Waals surface area contributed by atoms with Crippen LogP contribution in [-0.2, 0) is 0 Å². The van der Waals surface area contributed by atoms with Crippen LogP contribution in [0, 0.1) is 5.92 Å². The SMILES string of the molecule is CCN(CC)[C@H](CNC(=O)N1CCCN(CC(F)(F)F)CC1)CC(C)C. The second-order valence-electron chi connectivity index (χ2n) is 7.42. The van der Waals surface area contributed by atoms with E-state index in [1.54, 1.807) is 4.90 Å². The number of likely N-dealkylation sites (N-methyl/N-ethyl adjacent to an activating group) is 1. The van der Waals surface area contributed by atoms with Gasteiger partial charge in [-0.05, 0) is 31.8 Å². The zero-order valence-electron chi connectivity index (χ0n) is 16.6. The molecule has 0 bridgehead atoms. The van der Waals surface area contributed by atoms with E-state index in [2.05, 4.69) is 37.9 Å². The van der Waals surface area contributed by atoms with E-state index in [0.29, 0.717) is 38.5 Å². The number of nitrogens with zero attached hydrogens (tertiary/aromatic N) is 3. The molecule has 0 aromatic carbocycles. The summed E-state index contributed by atoms with van der Waals surface area (Å²) in [6.45, 7) is 11.6. The number of carbonyl (C=O) groups is 1. The normalized spacial score (nSPS) is 18.3. The van der Waals surface area contributed by atoms with Gasteiger partial charge in [0.15, 0.2) is 0 Å². The summed E-state index contributed by atoms with van der Waals surface area (Å²) in [5, 5.41) is 3.00. The van der Waals surface area contributed by atoms with Crippen molar-refractivity contribution in [2.24, 2.45) is 5.92 Å². The predicted molar refractivity (Wildman–Crippen MR) is 98.2 cm³/mol. The molecule has 1 saturated heterocycles. The zero-order chi connectivity index (χ0) is 19.7. The van der Waals surface area contributed by atoms with Gasteiger partial charge < -0.3 is 10.2 Å². The molecule has 0 radical (unpaired) electrons. The van der Waals surface area contributed by atoms with Gasteiger partial charge in [0, 0.05) is 38.8 Å². The van der Waals surface area contributed by atoms with Gasteiger partial charge in [0.2, 0.25) is 0 Å². The number of amides is 2. The summed E-state index contributed by atoms with van der Waals surface area (Å²) in [4.78, 5) is 17.9. The Morgan fingerprint density at radius 2 is 1.77 bits per heavy atom. The summed E-state index contributed by atoms with van der Waals surface area (Å²) in [6, 6.07) is 0.113. The number of rotatable bonds is 8. The molecule has 1 atom stereocenters. The third kappa shape index (κ3) is 8.58. The molecule has 1 aliphatic heterocycles. The summed E-state index contributed by atoms with van der Waals surface area (Å²) >= 11 is 0. The van der Waals surface area contributed by atoms with Crippen LogP contribution in [0.4, 0.5) is 18.0 Å². The van der Waals surface area contributed by atoms with Crippen LogP contribution in [0.1, 0.15) is 40.5 Å². The number of hydrogen-bond donors (Lipinski definition) is 1. The van der Waals surface area contributed by atoms with Crippen LogP contribution in [-0.4, -0.2) is 85.3 Å². The van der Waals surface area contributed by atoms with Gasteiger partial charge in [0.1, 0.15) is 0 Å². The Bertz CT molecular complexity index is 414. The monoisotopic (exact) mass is 380 g/mol. The van der Waals surface area contributed by atoms with Gasteiger partial charge in [0.25, 0.3) is 0 Å². The second kappa shape index (κ2) is 11.0. The van der Waals surface area contributed by atoms with Crippen molar-refractivity contribution in [2.45, 2.75) is 52.8 Å². The van der Waals surface area contributed by atoms with Crippen molar-refractivity contribution in [3.05, 3.63) is 0 Å². The summed E-state index contributed by atoms with van der Waals surface area (Å²) in [5.74, 6) is 0.534. The van der Waals surface area contributed by atoms with E-state index < -0.39 is 12.7 Å². The van der Waals surface area contributed by atoms with Crippen LogP contribution >= 0.6 is 0 Å². The predicted octanol–water partition coefficient (Wildman–Crippen LogP) is 3.02. The summed E-state index contributed by atoms with van der Waals surface area (Å²) in [5.41, 5.74) is 0. The maximum atomic E-state index is 12.5. The number of halogens is 3. The molecule has 0 spiro atoms. The maximum Gasteiger partial charge on any atom is 0.401 e. The Kier molecular flexibility index (Phi) is 9.71. The van der Waals surface area contributed by atoms with Crippen LogP contribution in [0.25, 0.3) is 0 Å². The van der Waals surface area contributed by atoms with Crippen molar-refractivity contribution in [3.63, 3.8) is 0 Å².